The minimum atomic E-state index is -2.65. The molecule has 0 aromatic rings. The number of hydrogen-bond acceptors (Lipinski definition) is 5. The van der Waals surface area contributed by atoms with E-state index in [9.17, 15) is 14.2 Å². The Bertz CT molecular complexity index is 339. The van der Waals surface area contributed by atoms with Gasteiger partial charge in [0.2, 0.25) is 0 Å². The zero-order valence-corrected chi connectivity index (χ0v) is 11.8. The Kier molecular flexibility index (Phi) is 8.46. The van der Waals surface area contributed by atoms with E-state index in [1.54, 1.807) is 13.8 Å². The lowest BCUT2D eigenvalue weighted by Gasteiger charge is -2.05. The fourth-order valence-corrected chi connectivity index (χ4v) is 1.54. The molecule has 6 heteroatoms. The van der Waals surface area contributed by atoms with Gasteiger partial charge in [-0.25, -0.2) is 0 Å². The first-order valence-electron chi connectivity index (χ1n) is 5.51. The number of carbonyl (C=O) groups excluding carboxylic acids is 2. The number of hydrogen-bond donors (Lipinski definition) is 0. The zero-order valence-electron chi connectivity index (χ0n) is 10.8. The van der Waals surface area contributed by atoms with Crippen LogP contribution in [0.2, 0.25) is 0 Å². The Hall–Kier alpha value is -1.03. The van der Waals surface area contributed by atoms with E-state index in [1.165, 1.54) is 0 Å². The van der Waals surface area contributed by atoms with E-state index in [0.29, 0.717) is 11.1 Å². The molecular formula is C12H19O5P. The van der Waals surface area contributed by atoms with Crippen molar-refractivity contribution in [2.45, 2.75) is 26.7 Å². The predicted molar refractivity (Wildman–Crippen MR) is 69.8 cm³/mol. The van der Waals surface area contributed by atoms with E-state index in [0.717, 1.165) is 0 Å². The predicted octanol–water partition coefficient (Wildman–Crippen LogP) is 2.48. The molecule has 0 unspecified atom stereocenters. The lowest BCUT2D eigenvalue weighted by Crippen LogP contribution is -2.04. The molecule has 0 aliphatic heterocycles. The standard InChI is InChI=1S/C12H19O5P/c1-9(2)11(13)5-7-16-18(15)17-8-6-12(14)10(3)4/h18H,1,3,5-8H2,2,4H3. The van der Waals surface area contributed by atoms with E-state index in [1.807, 2.05) is 0 Å². The first kappa shape index (κ1) is 17.0. The molecular weight excluding hydrogens is 255 g/mol. The maximum atomic E-state index is 11.2. The van der Waals surface area contributed by atoms with Crippen LogP contribution in [0.25, 0.3) is 0 Å². The molecule has 18 heavy (non-hydrogen) atoms. The van der Waals surface area contributed by atoms with E-state index in [4.69, 9.17) is 9.05 Å². The molecule has 0 N–H and O–H groups in total. The third-order valence-corrected chi connectivity index (χ3v) is 2.93. The van der Waals surface area contributed by atoms with Crippen LogP contribution in [-0.2, 0) is 23.2 Å². The van der Waals surface area contributed by atoms with Crippen molar-refractivity contribution in [3.8, 4) is 0 Å². The van der Waals surface area contributed by atoms with Gasteiger partial charge in [0.05, 0.1) is 13.2 Å². The monoisotopic (exact) mass is 274 g/mol. The lowest BCUT2D eigenvalue weighted by atomic mass is 10.2. The van der Waals surface area contributed by atoms with Gasteiger partial charge in [0.1, 0.15) is 0 Å². The van der Waals surface area contributed by atoms with Crippen molar-refractivity contribution >= 4 is 19.8 Å². The molecule has 0 aliphatic rings. The molecule has 0 rings (SSSR count). The van der Waals surface area contributed by atoms with Crippen LogP contribution in [0, 0.1) is 0 Å². The van der Waals surface area contributed by atoms with Crippen LogP contribution >= 0.6 is 8.25 Å². The summed E-state index contributed by atoms with van der Waals surface area (Å²) >= 11 is 0. The first-order valence-corrected chi connectivity index (χ1v) is 6.74. The molecule has 0 saturated carbocycles. The van der Waals surface area contributed by atoms with Crippen molar-refractivity contribution in [1.82, 2.24) is 0 Å². The fourth-order valence-electron chi connectivity index (χ4n) is 0.923. The van der Waals surface area contributed by atoms with Crippen LogP contribution in [-0.4, -0.2) is 24.8 Å². The molecule has 0 spiro atoms. The summed E-state index contributed by atoms with van der Waals surface area (Å²) in [6, 6.07) is 0. The Balaban J connectivity index is 3.67. The molecule has 0 aliphatic carbocycles. The van der Waals surface area contributed by atoms with Crippen molar-refractivity contribution in [3.05, 3.63) is 24.3 Å². The van der Waals surface area contributed by atoms with E-state index >= 15 is 0 Å². The molecule has 0 aromatic heterocycles. The third kappa shape index (κ3) is 8.12. The van der Waals surface area contributed by atoms with Crippen molar-refractivity contribution < 1.29 is 23.2 Å². The summed E-state index contributed by atoms with van der Waals surface area (Å²) in [6.45, 7) is 10.2. The normalized spacial score (nSPS) is 10.4. The summed E-state index contributed by atoms with van der Waals surface area (Å²) in [5.74, 6) is -0.274. The van der Waals surface area contributed by atoms with Gasteiger partial charge in [0.25, 0.3) is 0 Å². The van der Waals surface area contributed by atoms with Gasteiger partial charge >= 0.3 is 8.25 Å². The maximum absolute atomic E-state index is 11.2. The van der Waals surface area contributed by atoms with E-state index in [-0.39, 0.29) is 37.6 Å². The highest BCUT2D eigenvalue weighted by atomic mass is 31.1. The highest BCUT2D eigenvalue weighted by molar-refractivity contribution is 7.33. The average molecular weight is 274 g/mol. The molecule has 0 fully saturated rings. The summed E-state index contributed by atoms with van der Waals surface area (Å²) in [4.78, 5) is 22.3. The van der Waals surface area contributed by atoms with Gasteiger partial charge in [-0.15, -0.1) is 0 Å². The molecule has 0 atom stereocenters. The van der Waals surface area contributed by atoms with E-state index < -0.39 is 8.25 Å². The van der Waals surface area contributed by atoms with Crippen molar-refractivity contribution in [2.24, 2.45) is 0 Å². The Morgan fingerprint density at radius 1 is 0.944 bits per heavy atom. The summed E-state index contributed by atoms with van der Waals surface area (Å²) < 4.78 is 20.9. The lowest BCUT2D eigenvalue weighted by molar-refractivity contribution is -0.116. The molecule has 0 bridgehead atoms. The quantitative estimate of drug-likeness (QED) is 0.452. The Morgan fingerprint density at radius 2 is 1.28 bits per heavy atom. The van der Waals surface area contributed by atoms with Crippen LogP contribution in [0.3, 0.4) is 0 Å². The second-order valence-electron chi connectivity index (χ2n) is 3.85. The number of rotatable bonds is 10. The molecule has 0 amide bonds. The molecule has 0 radical (unpaired) electrons. The fraction of sp³-hybridized carbons (Fsp3) is 0.500. The molecule has 5 nitrogen and oxygen atoms in total. The van der Waals surface area contributed by atoms with Gasteiger partial charge in [0, 0.05) is 12.8 Å². The van der Waals surface area contributed by atoms with Crippen molar-refractivity contribution in [1.29, 1.82) is 0 Å². The Labute approximate surface area is 108 Å². The number of Topliss-reactive ketones (excluding diaryl/α,β-unsaturated/α-hetero) is 2. The van der Waals surface area contributed by atoms with Gasteiger partial charge in [-0.2, -0.15) is 0 Å². The van der Waals surface area contributed by atoms with Gasteiger partial charge in [-0.05, 0) is 25.0 Å². The molecule has 0 aromatic carbocycles. The second-order valence-corrected chi connectivity index (χ2v) is 4.93. The van der Waals surface area contributed by atoms with Crippen molar-refractivity contribution in [3.63, 3.8) is 0 Å². The molecule has 0 heterocycles. The number of carbonyl (C=O) groups is 2. The maximum Gasteiger partial charge on any atom is 0.319 e. The smallest absolute Gasteiger partial charge is 0.310 e. The zero-order chi connectivity index (χ0) is 14.1. The van der Waals surface area contributed by atoms with Crippen LogP contribution in [0.5, 0.6) is 0 Å². The summed E-state index contributed by atoms with van der Waals surface area (Å²) in [5.41, 5.74) is 0.873. The Morgan fingerprint density at radius 3 is 1.56 bits per heavy atom. The van der Waals surface area contributed by atoms with Crippen molar-refractivity contribution in [2.75, 3.05) is 13.2 Å². The number of allylic oxidation sites excluding steroid dienone is 2. The van der Waals surface area contributed by atoms with Crippen LogP contribution in [0.1, 0.15) is 26.7 Å². The average Bonchev–Trinajstić information content (AvgIpc) is 2.28. The minimum absolute atomic E-state index is 0.0257. The summed E-state index contributed by atoms with van der Waals surface area (Å²) in [5, 5.41) is 0. The highest BCUT2D eigenvalue weighted by Crippen LogP contribution is 2.24. The van der Waals surface area contributed by atoms with Gasteiger partial charge in [-0.3, -0.25) is 14.2 Å². The largest absolute Gasteiger partial charge is 0.319 e. The summed E-state index contributed by atoms with van der Waals surface area (Å²) in [6.07, 6.45) is 0.250. The SMILES string of the molecule is C=C(C)C(=O)CCO[PH](=O)OCCC(=O)C(=C)C. The first-order chi connectivity index (χ1) is 8.34. The van der Waals surface area contributed by atoms with Gasteiger partial charge in [-0.1, -0.05) is 13.2 Å². The van der Waals surface area contributed by atoms with Gasteiger partial charge < -0.3 is 9.05 Å². The molecule has 0 saturated heterocycles. The van der Waals surface area contributed by atoms with E-state index in [2.05, 4.69) is 13.2 Å². The second kappa shape index (κ2) is 8.97. The third-order valence-electron chi connectivity index (χ3n) is 2.05. The molecule has 102 valence electrons. The van der Waals surface area contributed by atoms with Crippen LogP contribution < -0.4 is 0 Å². The topological polar surface area (TPSA) is 69.7 Å². The highest BCUT2D eigenvalue weighted by Gasteiger charge is 2.07. The summed E-state index contributed by atoms with van der Waals surface area (Å²) in [7, 11) is -2.65. The number of ketones is 2. The minimum Gasteiger partial charge on any atom is -0.310 e. The van der Waals surface area contributed by atoms with Gasteiger partial charge in [0.15, 0.2) is 11.6 Å². The van der Waals surface area contributed by atoms with Crippen LogP contribution in [0.4, 0.5) is 0 Å². The van der Waals surface area contributed by atoms with Crippen LogP contribution in [0.15, 0.2) is 24.3 Å².